The molecule has 4 nitrogen and oxygen atoms in total. The topological polar surface area (TPSA) is 59.2 Å². The van der Waals surface area contributed by atoms with Gasteiger partial charge in [-0.15, -0.1) is 11.3 Å². The van der Waals surface area contributed by atoms with Crippen LogP contribution in [0.4, 0.5) is 0 Å². The molecular formula is C7H6N2O2S. The van der Waals surface area contributed by atoms with Crippen molar-refractivity contribution in [1.82, 2.24) is 9.97 Å². The summed E-state index contributed by atoms with van der Waals surface area (Å²) in [5.74, 6) is 0.611. The second kappa shape index (κ2) is 3.04. The van der Waals surface area contributed by atoms with E-state index in [9.17, 15) is 0 Å². The van der Waals surface area contributed by atoms with Gasteiger partial charge >= 0.3 is 0 Å². The molecule has 2 heterocycles. The van der Waals surface area contributed by atoms with Crippen molar-refractivity contribution in [2.24, 2.45) is 0 Å². The van der Waals surface area contributed by atoms with Crippen molar-refractivity contribution in [2.45, 2.75) is 6.61 Å². The molecule has 0 radical (unpaired) electrons. The van der Waals surface area contributed by atoms with Gasteiger partial charge in [0.2, 0.25) is 0 Å². The van der Waals surface area contributed by atoms with Gasteiger partial charge in [0.25, 0.3) is 0 Å². The maximum atomic E-state index is 8.87. The van der Waals surface area contributed by atoms with E-state index in [1.54, 1.807) is 11.7 Å². The first-order chi connectivity index (χ1) is 5.92. The van der Waals surface area contributed by atoms with E-state index in [0.29, 0.717) is 11.5 Å². The molecular weight excluding hydrogens is 176 g/mol. The van der Waals surface area contributed by atoms with Gasteiger partial charge in [0.15, 0.2) is 12.2 Å². The fourth-order valence-corrected chi connectivity index (χ4v) is 1.54. The first-order valence-corrected chi connectivity index (χ1v) is 4.22. The summed E-state index contributed by atoms with van der Waals surface area (Å²) in [6.45, 7) is -0.107. The number of hydrogen-bond donors (Lipinski definition) is 1. The van der Waals surface area contributed by atoms with Gasteiger partial charge < -0.3 is 9.52 Å². The molecule has 62 valence electrons. The molecule has 0 aliphatic rings. The van der Waals surface area contributed by atoms with Gasteiger partial charge in [-0.1, -0.05) is 0 Å². The highest BCUT2D eigenvalue weighted by Gasteiger charge is 2.10. The summed E-state index contributed by atoms with van der Waals surface area (Å²) in [7, 11) is 0. The number of nitrogens with zero attached hydrogens (tertiary/aromatic N) is 2. The van der Waals surface area contributed by atoms with Gasteiger partial charge in [-0.25, -0.2) is 4.98 Å². The van der Waals surface area contributed by atoms with Gasteiger partial charge in [-0.2, -0.15) is 0 Å². The van der Waals surface area contributed by atoms with E-state index < -0.39 is 0 Å². The predicted molar refractivity (Wildman–Crippen MR) is 43.5 cm³/mol. The van der Waals surface area contributed by atoms with E-state index in [-0.39, 0.29) is 6.61 Å². The van der Waals surface area contributed by atoms with Crippen LogP contribution in [-0.2, 0) is 6.61 Å². The van der Waals surface area contributed by atoms with Crippen molar-refractivity contribution in [3.63, 3.8) is 0 Å². The van der Waals surface area contributed by atoms with E-state index >= 15 is 0 Å². The number of oxazole rings is 1. The standard InChI is InChI=1S/C7H6N2O2S/c10-2-5-7(11-3-9-5)6-1-8-4-12-6/h1,3-4,10H,2H2. The van der Waals surface area contributed by atoms with Gasteiger partial charge in [-0.05, 0) is 0 Å². The van der Waals surface area contributed by atoms with Crippen LogP contribution in [0, 0.1) is 0 Å². The Bertz CT molecular complexity index is 355. The van der Waals surface area contributed by atoms with Crippen LogP contribution in [0.2, 0.25) is 0 Å². The summed E-state index contributed by atoms with van der Waals surface area (Å²) in [4.78, 5) is 8.64. The third-order valence-electron chi connectivity index (χ3n) is 1.45. The molecule has 0 aliphatic heterocycles. The maximum absolute atomic E-state index is 8.87. The van der Waals surface area contributed by atoms with Crippen molar-refractivity contribution in [3.05, 3.63) is 23.8 Å². The molecule has 0 aliphatic carbocycles. The number of aliphatic hydroxyl groups is 1. The zero-order valence-corrected chi connectivity index (χ0v) is 6.91. The number of rotatable bonds is 2. The summed E-state index contributed by atoms with van der Waals surface area (Å²) in [5, 5.41) is 8.87. The fourth-order valence-electron chi connectivity index (χ4n) is 0.910. The van der Waals surface area contributed by atoms with Gasteiger partial charge in [0.1, 0.15) is 5.69 Å². The summed E-state index contributed by atoms with van der Waals surface area (Å²) in [6, 6.07) is 0. The molecule has 0 spiro atoms. The van der Waals surface area contributed by atoms with Crippen molar-refractivity contribution in [2.75, 3.05) is 0 Å². The Balaban J connectivity index is 2.46. The van der Waals surface area contributed by atoms with Gasteiger partial charge in [0, 0.05) is 6.20 Å². The van der Waals surface area contributed by atoms with Gasteiger partial charge in [0.05, 0.1) is 17.0 Å². The van der Waals surface area contributed by atoms with Crippen LogP contribution in [0.25, 0.3) is 10.6 Å². The second-order valence-electron chi connectivity index (χ2n) is 2.15. The minimum Gasteiger partial charge on any atom is -0.442 e. The Morgan fingerprint density at radius 1 is 1.58 bits per heavy atom. The molecule has 0 fully saturated rings. The molecule has 12 heavy (non-hydrogen) atoms. The lowest BCUT2D eigenvalue weighted by Gasteiger charge is -1.90. The molecule has 2 aromatic heterocycles. The monoisotopic (exact) mass is 182 g/mol. The van der Waals surface area contributed by atoms with Crippen LogP contribution in [0.3, 0.4) is 0 Å². The molecule has 0 unspecified atom stereocenters. The summed E-state index contributed by atoms with van der Waals surface area (Å²) in [6.07, 6.45) is 3.00. The summed E-state index contributed by atoms with van der Waals surface area (Å²) in [5.41, 5.74) is 2.26. The Morgan fingerprint density at radius 2 is 2.50 bits per heavy atom. The normalized spacial score (nSPS) is 10.4. The number of aliphatic hydroxyl groups excluding tert-OH is 1. The van der Waals surface area contributed by atoms with Crippen LogP contribution in [-0.4, -0.2) is 15.1 Å². The SMILES string of the molecule is OCc1ncoc1-c1cncs1. The van der Waals surface area contributed by atoms with E-state index in [1.807, 2.05) is 0 Å². The first kappa shape index (κ1) is 7.45. The minimum atomic E-state index is -0.107. The largest absolute Gasteiger partial charge is 0.442 e. The van der Waals surface area contributed by atoms with Crippen LogP contribution < -0.4 is 0 Å². The van der Waals surface area contributed by atoms with Crippen LogP contribution in [0.15, 0.2) is 22.5 Å². The number of hydrogen-bond acceptors (Lipinski definition) is 5. The van der Waals surface area contributed by atoms with E-state index in [1.165, 1.54) is 17.7 Å². The maximum Gasteiger partial charge on any atom is 0.181 e. The third kappa shape index (κ3) is 1.13. The zero-order valence-electron chi connectivity index (χ0n) is 6.10. The molecule has 0 atom stereocenters. The van der Waals surface area contributed by atoms with E-state index in [4.69, 9.17) is 9.52 Å². The van der Waals surface area contributed by atoms with Crippen molar-refractivity contribution < 1.29 is 9.52 Å². The van der Waals surface area contributed by atoms with Gasteiger partial charge in [-0.3, -0.25) is 4.98 Å². The zero-order chi connectivity index (χ0) is 8.39. The van der Waals surface area contributed by atoms with Crippen molar-refractivity contribution >= 4 is 11.3 Å². The number of thiazole rings is 1. The summed E-state index contributed by atoms with van der Waals surface area (Å²) >= 11 is 1.45. The van der Waals surface area contributed by atoms with Crippen LogP contribution in [0.5, 0.6) is 0 Å². The average Bonchev–Trinajstić information content (AvgIpc) is 2.74. The molecule has 0 aromatic carbocycles. The Labute approximate surface area is 72.5 Å². The predicted octanol–water partition coefficient (Wildman–Crippen LogP) is 1.29. The van der Waals surface area contributed by atoms with Crippen LogP contribution in [0.1, 0.15) is 5.69 Å². The lowest BCUT2D eigenvalue weighted by molar-refractivity contribution is 0.277. The molecule has 0 saturated carbocycles. The Kier molecular flexibility index (Phi) is 1.89. The third-order valence-corrected chi connectivity index (χ3v) is 2.22. The highest BCUT2D eigenvalue weighted by Crippen LogP contribution is 2.25. The summed E-state index contributed by atoms with van der Waals surface area (Å²) < 4.78 is 5.10. The molecule has 1 N–H and O–H groups in total. The molecule has 2 rings (SSSR count). The number of aromatic nitrogens is 2. The molecule has 0 saturated heterocycles. The average molecular weight is 182 g/mol. The lowest BCUT2D eigenvalue weighted by Crippen LogP contribution is -1.84. The van der Waals surface area contributed by atoms with Crippen LogP contribution >= 0.6 is 11.3 Å². The fraction of sp³-hybridized carbons (Fsp3) is 0.143. The van der Waals surface area contributed by atoms with E-state index in [0.717, 1.165) is 4.88 Å². The lowest BCUT2D eigenvalue weighted by atomic mass is 10.3. The van der Waals surface area contributed by atoms with Crippen molar-refractivity contribution in [3.8, 4) is 10.6 Å². The minimum absolute atomic E-state index is 0.107. The Hall–Kier alpha value is -1.20. The highest BCUT2D eigenvalue weighted by molar-refractivity contribution is 7.13. The Morgan fingerprint density at radius 3 is 3.17 bits per heavy atom. The second-order valence-corrected chi connectivity index (χ2v) is 3.04. The molecule has 0 bridgehead atoms. The molecule has 0 amide bonds. The smallest absolute Gasteiger partial charge is 0.181 e. The first-order valence-electron chi connectivity index (χ1n) is 3.34. The van der Waals surface area contributed by atoms with Crippen molar-refractivity contribution in [1.29, 1.82) is 0 Å². The molecule has 2 aromatic rings. The van der Waals surface area contributed by atoms with E-state index in [2.05, 4.69) is 9.97 Å². The quantitative estimate of drug-likeness (QED) is 0.760. The highest BCUT2D eigenvalue weighted by atomic mass is 32.1. The molecule has 5 heteroatoms.